The van der Waals surface area contributed by atoms with Gasteiger partial charge in [0.15, 0.2) is 15.0 Å². The fourth-order valence-corrected chi connectivity index (χ4v) is 6.59. The van der Waals surface area contributed by atoms with Crippen molar-refractivity contribution in [3.63, 3.8) is 0 Å². The summed E-state index contributed by atoms with van der Waals surface area (Å²) in [6.07, 6.45) is 0. The van der Waals surface area contributed by atoms with Crippen LogP contribution < -0.4 is 10.2 Å². The summed E-state index contributed by atoms with van der Waals surface area (Å²) in [6, 6.07) is 7.11. The number of nitrogens with zero attached hydrogens (tertiary/aromatic N) is 2. The van der Waals surface area contributed by atoms with Crippen molar-refractivity contribution in [2.24, 2.45) is 4.99 Å². The largest absolute Gasteiger partial charge is 0.325 e. The third-order valence-electron chi connectivity index (χ3n) is 5.15. The van der Waals surface area contributed by atoms with Gasteiger partial charge in [0.05, 0.1) is 35.0 Å². The van der Waals surface area contributed by atoms with Gasteiger partial charge in [0.1, 0.15) is 11.6 Å². The summed E-state index contributed by atoms with van der Waals surface area (Å²) in [7, 11) is -3.32. The van der Waals surface area contributed by atoms with Crippen LogP contribution in [0.3, 0.4) is 0 Å². The number of carbonyl (C=O) groups is 1. The molecule has 31 heavy (non-hydrogen) atoms. The second kappa shape index (κ2) is 8.40. The van der Waals surface area contributed by atoms with Crippen LogP contribution in [-0.2, 0) is 14.6 Å². The van der Waals surface area contributed by atoms with Gasteiger partial charge in [0.2, 0.25) is 5.91 Å². The number of aliphatic imine (C=N–C) groups is 1. The maximum Gasteiger partial charge on any atom is 0.234 e. The zero-order chi connectivity index (χ0) is 22.3. The summed E-state index contributed by atoms with van der Waals surface area (Å²) < 4.78 is 52.0. The molecule has 164 valence electrons. The van der Waals surface area contributed by atoms with Crippen LogP contribution in [0, 0.1) is 18.6 Å². The standard InChI is InChI=1S/C20H18ClF2N3O3S2/c1-11-13(21)3-2-4-15(11)24-19(27)8-30-20-25-16-9-31(28,29)10-18(16)26(20)17-6-5-12(22)7-14(17)23/h2-7,16,18H,8-10H2,1H3,(H,24,27)/t16-,18-/m0/s1. The van der Waals surface area contributed by atoms with Crippen molar-refractivity contribution in [2.45, 2.75) is 19.0 Å². The van der Waals surface area contributed by atoms with Crippen LogP contribution in [-0.4, -0.2) is 48.8 Å². The molecule has 11 heteroatoms. The Labute approximate surface area is 187 Å². The second-order valence-corrected chi connectivity index (χ2v) is 10.8. The molecule has 0 spiro atoms. The van der Waals surface area contributed by atoms with Crippen LogP contribution >= 0.6 is 23.4 Å². The second-order valence-electron chi connectivity index (χ2n) is 7.34. The van der Waals surface area contributed by atoms with Gasteiger partial charge in [-0.05, 0) is 36.8 Å². The molecular weight excluding hydrogens is 468 g/mol. The minimum atomic E-state index is -3.32. The van der Waals surface area contributed by atoms with Crippen LogP contribution in [0.25, 0.3) is 0 Å². The summed E-state index contributed by atoms with van der Waals surface area (Å²) in [5.41, 5.74) is 1.34. The van der Waals surface area contributed by atoms with Crippen LogP contribution in [0.1, 0.15) is 5.56 Å². The summed E-state index contributed by atoms with van der Waals surface area (Å²) >= 11 is 7.14. The number of amidine groups is 1. The minimum absolute atomic E-state index is 0.0309. The van der Waals surface area contributed by atoms with Crippen molar-refractivity contribution in [3.05, 3.63) is 58.6 Å². The Morgan fingerprint density at radius 2 is 2.06 bits per heavy atom. The lowest BCUT2D eigenvalue weighted by Gasteiger charge is -2.26. The minimum Gasteiger partial charge on any atom is -0.325 e. The summed E-state index contributed by atoms with van der Waals surface area (Å²) in [5, 5.41) is 3.63. The molecule has 2 atom stereocenters. The molecular formula is C20H18ClF2N3O3S2. The highest BCUT2D eigenvalue weighted by atomic mass is 35.5. The van der Waals surface area contributed by atoms with Gasteiger partial charge >= 0.3 is 0 Å². The first-order valence-corrected chi connectivity index (χ1v) is 12.5. The molecule has 2 aromatic carbocycles. The van der Waals surface area contributed by atoms with Crippen molar-refractivity contribution >= 4 is 55.6 Å². The molecule has 6 nitrogen and oxygen atoms in total. The van der Waals surface area contributed by atoms with E-state index in [0.717, 1.165) is 29.5 Å². The number of rotatable bonds is 4. The summed E-state index contributed by atoms with van der Waals surface area (Å²) in [5.74, 6) is -2.24. The van der Waals surface area contributed by atoms with Gasteiger partial charge in [0.25, 0.3) is 0 Å². The van der Waals surface area contributed by atoms with E-state index in [9.17, 15) is 22.0 Å². The van der Waals surface area contributed by atoms with Gasteiger partial charge in [-0.2, -0.15) is 0 Å². The Morgan fingerprint density at radius 3 is 2.81 bits per heavy atom. The Balaban J connectivity index is 1.54. The fraction of sp³-hybridized carbons (Fsp3) is 0.300. The number of halogens is 3. The fourth-order valence-electron chi connectivity index (χ4n) is 3.65. The van der Waals surface area contributed by atoms with E-state index in [1.54, 1.807) is 25.1 Å². The normalized spacial score (nSPS) is 21.7. The first-order valence-electron chi connectivity index (χ1n) is 9.35. The van der Waals surface area contributed by atoms with E-state index in [-0.39, 0.29) is 28.9 Å². The molecule has 1 fully saturated rings. The number of sulfone groups is 1. The maximum atomic E-state index is 14.5. The number of hydrogen-bond donors (Lipinski definition) is 1. The number of carbonyl (C=O) groups excluding carboxylic acids is 1. The number of fused-ring (bicyclic) bond motifs is 1. The molecule has 0 radical (unpaired) electrons. The SMILES string of the molecule is Cc1c(Cl)cccc1NC(=O)CSC1=N[C@H]2CS(=O)(=O)C[C@@H]2N1c1ccc(F)cc1F. The van der Waals surface area contributed by atoms with Crippen molar-refractivity contribution in [2.75, 3.05) is 27.5 Å². The number of nitrogens with one attached hydrogen (secondary N) is 1. The van der Waals surface area contributed by atoms with Crippen LogP contribution in [0.5, 0.6) is 0 Å². The zero-order valence-corrected chi connectivity index (χ0v) is 18.7. The Morgan fingerprint density at radius 1 is 1.29 bits per heavy atom. The average molecular weight is 486 g/mol. The van der Waals surface area contributed by atoms with E-state index in [1.165, 1.54) is 11.0 Å². The number of amides is 1. The van der Waals surface area contributed by atoms with E-state index in [1.807, 2.05) is 0 Å². The third-order valence-corrected chi connectivity index (χ3v) is 8.23. The highest BCUT2D eigenvalue weighted by molar-refractivity contribution is 8.14. The van der Waals surface area contributed by atoms with Crippen molar-refractivity contribution < 1.29 is 22.0 Å². The predicted octanol–water partition coefficient (Wildman–Crippen LogP) is 3.64. The van der Waals surface area contributed by atoms with Crippen LogP contribution in [0.4, 0.5) is 20.2 Å². The topological polar surface area (TPSA) is 78.8 Å². The molecule has 1 N–H and O–H groups in total. The first kappa shape index (κ1) is 22.0. The van der Waals surface area contributed by atoms with Crippen molar-refractivity contribution in [1.82, 2.24) is 0 Å². The lowest BCUT2D eigenvalue weighted by atomic mass is 10.1. The van der Waals surface area contributed by atoms with E-state index in [2.05, 4.69) is 10.3 Å². The quantitative estimate of drug-likeness (QED) is 0.715. The van der Waals surface area contributed by atoms with Gasteiger partial charge in [-0.15, -0.1) is 0 Å². The number of hydrogen-bond acceptors (Lipinski definition) is 6. The maximum absolute atomic E-state index is 14.5. The van der Waals surface area contributed by atoms with E-state index in [4.69, 9.17) is 11.6 Å². The molecule has 4 rings (SSSR count). The average Bonchev–Trinajstić information content (AvgIpc) is 3.15. The molecule has 1 saturated heterocycles. The predicted molar refractivity (Wildman–Crippen MR) is 120 cm³/mol. The Hall–Kier alpha value is -2.17. The summed E-state index contributed by atoms with van der Waals surface area (Å²) in [6.45, 7) is 1.78. The molecule has 0 bridgehead atoms. The lowest BCUT2D eigenvalue weighted by molar-refractivity contribution is -0.113. The molecule has 1 amide bonds. The van der Waals surface area contributed by atoms with E-state index >= 15 is 0 Å². The van der Waals surface area contributed by atoms with Crippen molar-refractivity contribution in [3.8, 4) is 0 Å². The smallest absolute Gasteiger partial charge is 0.234 e. The first-order chi connectivity index (χ1) is 14.6. The molecule has 2 aliphatic heterocycles. The van der Waals surface area contributed by atoms with Crippen LogP contribution in [0.15, 0.2) is 41.4 Å². The van der Waals surface area contributed by atoms with Gasteiger partial charge in [-0.3, -0.25) is 9.79 Å². The number of benzene rings is 2. The lowest BCUT2D eigenvalue weighted by Crippen LogP contribution is -2.40. The van der Waals surface area contributed by atoms with Gasteiger partial charge in [0, 0.05) is 16.8 Å². The van der Waals surface area contributed by atoms with E-state index < -0.39 is 33.6 Å². The zero-order valence-electron chi connectivity index (χ0n) is 16.3. The molecule has 2 aliphatic rings. The molecule has 2 heterocycles. The highest BCUT2D eigenvalue weighted by Gasteiger charge is 2.47. The van der Waals surface area contributed by atoms with Crippen LogP contribution in [0.2, 0.25) is 5.02 Å². The monoisotopic (exact) mass is 485 g/mol. The highest BCUT2D eigenvalue weighted by Crippen LogP contribution is 2.36. The van der Waals surface area contributed by atoms with E-state index in [0.29, 0.717) is 15.9 Å². The third kappa shape index (κ3) is 4.56. The molecule has 0 aliphatic carbocycles. The molecule has 0 unspecified atom stereocenters. The molecule has 2 aromatic rings. The summed E-state index contributed by atoms with van der Waals surface area (Å²) in [4.78, 5) is 18.4. The molecule has 0 saturated carbocycles. The number of thioether (sulfide) groups is 1. The van der Waals surface area contributed by atoms with Crippen molar-refractivity contribution in [1.29, 1.82) is 0 Å². The Kier molecular flexibility index (Phi) is 5.97. The molecule has 0 aromatic heterocycles. The van der Waals surface area contributed by atoms with Gasteiger partial charge < -0.3 is 10.2 Å². The van der Waals surface area contributed by atoms with Gasteiger partial charge in [-0.25, -0.2) is 17.2 Å². The van der Waals surface area contributed by atoms with Gasteiger partial charge in [-0.1, -0.05) is 29.4 Å². The number of anilines is 2. The Bertz CT molecular complexity index is 1190.